The van der Waals surface area contributed by atoms with Crippen LogP contribution in [0.4, 0.5) is 10.1 Å². The average Bonchev–Trinajstić information content (AvgIpc) is 3.07. The van der Waals surface area contributed by atoms with Crippen LogP contribution in [0, 0.1) is 5.82 Å². The van der Waals surface area contributed by atoms with Crippen LogP contribution in [0.1, 0.15) is 0 Å². The molecule has 27 heavy (non-hydrogen) atoms. The molecule has 1 aliphatic rings. The molecule has 5 nitrogen and oxygen atoms in total. The summed E-state index contributed by atoms with van der Waals surface area (Å²) in [6.07, 6.45) is 0. The number of rotatable bonds is 4. The van der Waals surface area contributed by atoms with Crippen LogP contribution in [0.15, 0.2) is 58.6 Å². The minimum Gasteiger partial charge on any atom is -0.310 e. The molecule has 0 bridgehead atoms. The van der Waals surface area contributed by atoms with Crippen LogP contribution in [0.2, 0.25) is 0 Å². The number of aromatic nitrogens is 3. The molecular formula is C19H17FN4OS2. The van der Waals surface area contributed by atoms with Crippen molar-refractivity contribution in [3.63, 3.8) is 0 Å². The summed E-state index contributed by atoms with van der Waals surface area (Å²) >= 11 is 3.13. The van der Waals surface area contributed by atoms with Gasteiger partial charge < -0.3 is 9.47 Å². The maximum Gasteiger partial charge on any atom is 0.237 e. The van der Waals surface area contributed by atoms with Crippen molar-refractivity contribution in [2.24, 2.45) is 7.05 Å². The highest BCUT2D eigenvalue weighted by Gasteiger charge is 2.23. The van der Waals surface area contributed by atoms with Crippen LogP contribution < -0.4 is 4.90 Å². The molecule has 0 saturated heterocycles. The number of fused-ring (bicyclic) bond motifs is 1. The van der Waals surface area contributed by atoms with E-state index in [9.17, 15) is 9.18 Å². The topological polar surface area (TPSA) is 51.0 Å². The van der Waals surface area contributed by atoms with Crippen LogP contribution in [-0.4, -0.2) is 38.7 Å². The molecule has 1 aliphatic heterocycles. The minimum atomic E-state index is -0.291. The zero-order valence-corrected chi connectivity index (χ0v) is 16.3. The van der Waals surface area contributed by atoms with Crippen LogP contribution in [0.3, 0.4) is 0 Å². The Labute approximate surface area is 165 Å². The van der Waals surface area contributed by atoms with E-state index in [0.29, 0.717) is 17.5 Å². The monoisotopic (exact) mass is 400 g/mol. The Morgan fingerprint density at radius 2 is 1.96 bits per heavy atom. The molecule has 138 valence electrons. The third-order valence-electron chi connectivity index (χ3n) is 4.29. The zero-order valence-electron chi connectivity index (χ0n) is 14.6. The minimum absolute atomic E-state index is 0.0547. The molecule has 0 aliphatic carbocycles. The van der Waals surface area contributed by atoms with E-state index in [1.807, 2.05) is 40.8 Å². The van der Waals surface area contributed by atoms with Gasteiger partial charge >= 0.3 is 0 Å². The fraction of sp³-hybridized carbons (Fsp3) is 0.211. The first-order valence-corrected chi connectivity index (χ1v) is 10.4. The Balaban J connectivity index is 1.47. The Hall–Kier alpha value is -2.32. The van der Waals surface area contributed by atoms with Crippen molar-refractivity contribution in [1.82, 2.24) is 14.8 Å². The van der Waals surface area contributed by atoms with Crippen molar-refractivity contribution in [3.05, 3.63) is 54.3 Å². The molecule has 2 heterocycles. The van der Waals surface area contributed by atoms with Crippen molar-refractivity contribution in [2.75, 3.05) is 23.0 Å². The van der Waals surface area contributed by atoms with Gasteiger partial charge in [0.05, 0.1) is 11.4 Å². The Kier molecular flexibility index (Phi) is 5.18. The molecule has 1 amide bonds. The van der Waals surface area contributed by atoms with Crippen molar-refractivity contribution >= 4 is 35.1 Å². The predicted molar refractivity (Wildman–Crippen MR) is 107 cm³/mol. The van der Waals surface area contributed by atoms with E-state index in [0.717, 1.165) is 21.9 Å². The first kappa shape index (κ1) is 18.1. The zero-order chi connectivity index (χ0) is 18.8. The quantitative estimate of drug-likeness (QED) is 0.623. The molecule has 2 aromatic carbocycles. The smallest absolute Gasteiger partial charge is 0.237 e. The van der Waals surface area contributed by atoms with Crippen LogP contribution in [-0.2, 0) is 11.8 Å². The number of benzene rings is 2. The van der Waals surface area contributed by atoms with Gasteiger partial charge in [-0.25, -0.2) is 4.39 Å². The second-order valence-corrected chi connectivity index (χ2v) is 8.10. The summed E-state index contributed by atoms with van der Waals surface area (Å²) in [5.74, 6) is 1.59. The van der Waals surface area contributed by atoms with E-state index in [4.69, 9.17) is 0 Å². The normalized spacial score (nSPS) is 13.5. The lowest BCUT2D eigenvalue weighted by Crippen LogP contribution is -2.36. The van der Waals surface area contributed by atoms with E-state index in [2.05, 4.69) is 10.2 Å². The second kappa shape index (κ2) is 7.74. The van der Waals surface area contributed by atoms with E-state index >= 15 is 0 Å². The van der Waals surface area contributed by atoms with E-state index in [1.54, 1.807) is 23.9 Å². The van der Waals surface area contributed by atoms with Gasteiger partial charge in [-0.3, -0.25) is 4.79 Å². The summed E-state index contributed by atoms with van der Waals surface area (Å²) in [5.41, 5.74) is 1.76. The van der Waals surface area contributed by atoms with Crippen molar-refractivity contribution in [1.29, 1.82) is 0 Å². The van der Waals surface area contributed by atoms with Gasteiger partial charge in [0, 0.05) is 29.8 Å². The van der Waals surface area contributed by atoms with Gasteiger partial charge in [-0.2, -0.15) is 0 Å². The predicted octanol–water partition coefficient (Wildman–Crippen LogP) is 3.85. The molecule has 0 saturated carbocycles. The number of para-hydroxylation sites is 1. The van der Waals surface area contributed by atoms with E-state index in [-0.39, 0.29) is 17.5 Å². The molecular weight excluding hydrogens is 383 g/mol. The summed E-state index contributed by atoms with van der Waals surface area (Å²) in [6.45, 7) is 0.709. The number of nitrogens with zero attached hydrogens (tertiary/aromatic N) is 4. The lowest BCUT2D eigenvalue weighted by molar-refractivity contribution is -0.116. The third kappa shape index (κ3) is 3.72. The van der Waals surface area contributed by atoms with E-state index < -0.39 is 0 Å². The van der Waals surface area contributed by atoms with Crippen LogP contribution in [0.25, 0.3) is 11.4 Å². The maximum atomic E-state index is 13.1. The lowest BCUT2D eigenvalue weighted by Gasteiger charge is -2.28. The Morgan fingerprint density at radius 1 is 1.19 bits per heavy atom. The summed E-state index contributed by atoms with van der Waals surface area (Å²) < 4.78 is 14.9. The Morgan fingerprint density at radius 3 is 2.78 bits per heavy atom. The summed E-state index contributed by atoms with van der Waals surface area (Å²) in [5, 5.41) is 9.02. The molecule has 0 radical (unpaired) electrons. The van der Waals surface area contributed by atoms with Gasteiger partial charge in [-0.15, -0.1) is 22.0 Å². The molecule has 0 fully saturated rings. The SMILES string of the molecule is Cn1c(SCC(=O)N2CCSc3ccccc32)nnc1-c1ccc(F)cc1. The van der Waals surface area contributed by atoms with E-state index in [1.165, 1.54) is 23.9 Å². The molecule has 4 rings (SSSR count). The highest BCUT2D eigenvalue weighted by atomic mass is 32.2. The lowest BCUT2D eigenvalue weighted by atomic mass is 10.2. The molecule has 0 N–H and O–H groups in total. The average molecular weight is 401 g/mol. The Bertz CT molecular complexity index is 974. The number of halogens is 1. The largest absolute Gasteiger partial charge is 0.310 e. The van der Waals surface area contributed by atoms with Gasteiger partial charge in [0.25, 0.3) is 0 Å². The highest BCUT2D eigenvalue weighted by Crippen LogP contribution is 2.35. The number of anilines is 1. The molecule has 3 aromatic rings. The maximum absolute atomic E-state index is 13.1. The van der Waals surface area contributed by atoms with Gasteiger partial charge in [0.1, 0.15) is 5.82 Å². The number of carbonyl (C=O) groups excluding carboxylic acids is 1. The molecule has 0 unspecified atom stereocenters. The molecule has 8 heteroatoms. The van der Waals surface area contributed by atoms with Gasteiger partial charge in [0.2, 0.25) is 5.91 Å². The number of thioether (sulfide) groups is 2. The van der Waals surface area contributed by atoms with Crippen LogP contribution in [0.5, 0.6) is 0 Å². The summed E-state index contributed by atoms with van der Waals surface area (Å²) in [4.78, 5) is 15.7. The third-order valence-corrected chi connectivity index (χ3v) is 6.34. The number of amides is 1. The van der Waals surface area contributed by atoms with Crippen molar-refractivity contribution in [2.45, 2.75) is 10.1 Å². The fourth-order valence-electron chi connectivity index (χ4n) is 2.92. The highest BCUT2D eigenvalue weighted by molar-refractivity contribution is 8.00. The summed E-state index contributed by atoms with van der Waals surface area (Å²) in [7, 11) is 1.85. The fourth-order valence-corrected chi connectivity index (χ4v) is 4.71. The van der Waals surface area contributed by atoms with Crippen molar-refractivity contribution < 1.29 is 9.18 Å². The van der Waals surface area contributed by atoms with Gasteiger partial charge in [-0.05, 0) is 36.4 Å². The first-order chi connectivity index (χ1) is 13.1. The molecule has 0 spiro atoms. The standard InChI is InChI=1S/C19H17FN4OS2/c1-23-18(13-6-8-14(20)9-7-13)21-22-19(23)27-12-17(25)24-10-11-26-16-5-3-2-4-15(16)24/h2-9H,10-12H2,1H3. The summed E-state index contributed by atoms with van der Waals surface area (Å²) in [6, 6.07) is 14.1. The molecule has 0 atom stereocenters. The number of carbonyl (C=O) groups is 1. The number of hydrogen-bond donors (Lipinski definition) is 0. The molecule has 1 aromatic heterocycles. The van der Waals surface area contributed by atoms with Gasteiger partial charge in [-0.1, -0.05) is 23.9 Å². The number of hydrogen-bond acceptors (Lipinski definition) is 5. The van der Waals surface area contributed by atoms with Crippen molar-refractivity contribution in [3.8, 4) is 11.4 Å². The van der Waals surface area contributed by atoms with Crippen LogP contribution >= 0.6 is 23.5 Å². The second-order valence-electron chi connectivity index (χ2n) is 6.02. The van der Waals surface area contributed by atoms with Gasteiger partial charge in [0.15, 0.2) is 11.0 Å². The first-order valence-electron chi connectivity index (χ1n) is 8.44.